The Balaban J connectivity index is 1.16. The second kappa shape index (κ2) is 13.9. The van der Waals surface area contributed by atoms with Crippen LogP contribution in [0.5, 0.6) is 11.5 Å². The van der Waals surface area contributed by atoms with Crippen LogP contribution in [0.15, 0.2) is 60.9 Å². The van der Waals surface area contributed by atoms with Crippen LogP contribution in [0.4, 0.5) is 11.6 Å². The Bertz CT molecular complexity index is 1050. The maximum Gasteiger partial charge on any atom is 0.227 e. The molecule has 198 valence electrons. The molecule has 2 heterocycles. The van der Waals surface area contributed by atoms with Crippen LogP contribution < -0.4 is 14.8 Å². The summed E-state index contributed by atoms with van der Waals surface area (Å²) in [4.78, 5) is 16.5. The molecule has 0 amide bonds. The maximum absolute atomic E-state index is 6.00. The molecule has 0 unspecified atom stereocenters. The minimum Gasteiger partial charge on any atom is -0.497 e. The third kappa shape index (κ3) is 8.15. The van der Waals surface area contributed by atoms with E-state index in [-0.39, 0.29) is 0 Å². The Morgan fingerprint density at radius 1 is 0.784 bits per heavy atom. The van der Waals surface area contributed by atoms with Crippen LogP contribution in [0.1, 0.15) is 13.8 Å². The fourth-order valence-corrected chi connectivity index (χ4v) is 4.44. The van der Waals surface area contributed by atoms with Crippen molar-refractivity contribution in [2.75, 3.05) is 77.9 Å². The topological polar surface area (TPSA) is 66.0 Å². The number of likely N-dealkylation sites (N-methyl/N-ethyl adjacent to an activating group) is 1. The van der Waals surface area contributed by atoms with E-state index in [1.165, 1.54) is 13.1 Å². The number of aromatic nitrogens is 2. The van der Waals surface area contributed by atoms with Gasteiger partial charge in [-0.15, -0.1) is 0 Å². The first-order valence-electron chi connectivity index (χ1n) is 13.3. The Labute approximate surface area is 221 Å². The Hall–Kier alpha value is -3.20. The lowest BCUT2D eigenvalue weighted by atomic mass is 10.1. The van der Waals surface area contributed by atoms with E-state index in [9.17, 15) is 0 Å². The Morgan fingerprint density at radius 2 is 1.38 bits per heavy atom. The number of methoxy groups -OCH3 is 1. The van der Waals surface area contributed by atoms with E-state index in [2.05, 4.69) is 43.8 Å². The molecule has 8 heteroatoms. The van der Waals surface area contributed by atoms with Gasteiger partial charge >= 0.3 is 0 Å². The van der Waals surface area contributed by atoms with Gasteiger partial charge in [0.25, 0.3) is 0 Å². The van der Waals surface area contributed by atoms with Crippen molar-refractivity contribution >= 4 is 11.6 Å². The lowest BCUT2D eigenvalue weighted by Crippen LogP contribution is -2.49. The highest BCUT2D eigenvalue weighted by Crippen LogP contribution is 2.23. The summed E-state index contributed by atoms with van der Waals surface area (Å²) >= 11 is 0. The van der Waals surface area contributed by atoms with Crippen molar-refractivity contribution in [3.8, 4) is 22.6 Å². The smallest absolute Gasteiger partial charge is 0.227 e. The van der Waals surface area contributed by atoms with E-state index < -0.39 is 0 Å². The highest BCUT2D eigenvalue weighted by molar-refractivity contribution is 5.63. The molecular formula is C29H40N6O2. The van der Waals surface area contributed by atoms with Crippen LogP contribution in [0.25, 0.3) is 11.1 Å². The predicted octanol–water partition coefficient (Wildman–Crippen LogP) is 4.23. The first kappa shape index (κ1) is 26.9. The maximum atomic E-state index is 6.00. The van der Waals surface area contributed by atoms with Crippen LogP contribution in [-0.4, -0.2) is 97.3 Å². The highest BCUT2D eigenvalue weighted by atomic mass is 16.5. The van der Waals surface area contributed by atoms with Crippen molar-refractivity contribution in [3.63, 3.8) is 0 Å². The van der Waals surface area contributed by atoms with Gasteiger partial charge in [-0.2, -0.15) is 0 Å². The highest BCUT2D eigenvalue weighted by Gasteiger charge is 2.17. The first-order valence-corrected chi connectivity index (χ1v) is 13.3. The van der Waals surface area contributed by atoms with E-state index in [1.54, 1.807) is 7.11 Å². The van der Waals surface area contributed by atoms with Crippen molar-refractivity contribution < 1.29 is 9.47 Å². The van der Waals surface area contributed by atoms with E-state index in [0.717, 1.165) is 74.1 Å². The molecule has 1 aliphatic rings. The van der Waals surface area contributed by atoms with Gasteiger partial charge in [-0.1, -0.05) is 26.0 Å². The molecule has 8 nitrogen and oxygen atoms in total. The third-order valence-corrected chi connectivity index (χ3v) is 6.95. The number of benzene rings is 2. The van der Waals surface area contributed by atoms with Gasteiger partial charge in [-0.05, 0) is 55.1 Å². The van der Waals surface area contributed by atoms with Crippen molar-refractivity contribution in [2.24, 2.45) is 0 Å². The Morgan fingerprint density at radius 3 is 1.97 bits per heavy atom. The minimum absolute atomic E-state index is 0.558. The number of hydrogen-bond acceptors (Lipinski definition) is 8. The van der Waals surface area contributed by atoms with Gasteiger partial charge in [0.1, 0.15) is 18.1 Å². The molecule has 0 radical (unpaired) electrons. The molecular weight excluding hydrogens is 464 g/mol. The first-order chi connectivity index (χ1) is 18.2. The van der Waals surface area contributed by atoms with Gasteiger partial charge in [0, 0.05) is 69.5 Å². The lowest BCUT2D eigenvalue weighted by Gasteiger charge is -2.35. The lowest BCUT2D eigenvalue weighted by molar-refractivity contribution is 0.108. The summed E-state index contributed by atoms with van der Waals surface area (Å²) in [5.74, 6) is 2.26. The van der Waals surface area contributed by atoms with Crippen molar-refractivity contribution in [3.05, 3.63) is 60.9 Å². The zero-order valence-corrected chi connectivity index (χ0v) is 22.4. The molecule has 0 bridgehead atoms. The van der Waals surface area contributed by atoms with E-state index in [0.29, 0.717) is 12.6 Å². The minimum atomic E-state index is 0.558. The summed E-state index contributed by atoms with van der Waals surface area (Å²) in [5, 5.41) is 3.25. The Kier molecular flexibility index (Phi) is 10.1. The zero-order chi connectivity index (χ0) is 25.9. The van der Waals surface area contributed by atoms with Crippen molar-refractivity contribution in [1.29, 1.82) is 0 Å². The average Bonchev–Trinajstić information content (AvgIpc) is 2.96. The monoisotopic (exact) mass is 504 g/mol. The molecule has 3 aromatic rings. The molecule has 0 aliphatic carbocycles. The number of hydrogen-bond donors (Lipinski definition) is 1. The molecule has 37 heavy (non-hydrogen) atoms. The van der Waals surface area contributed by atoms with Gasteiger partial charge in [-0.25, -0.2) is 9.97 Å². The van der Waals surface area contributed by atoms with Crippen LogP contribution in [0.3, 0.4) is 0 Å². The molecule has 0 atom stereocenters. The zero-order valence-electron chi connectivity index (χ0n) is 22.4. The molecule has 1 aromatic heterocycles. The van der Waals surface area contributed by atoms with Gasteiger partial charge in [-0.3, -0.25) is 9.80 Å². The standard InChI is InChI=1S/C29H40N6O2/c1-4-33(5-2)14-15-34-16-18-35(19-17-34)20-21-37-28-12-8-26(9-13-28)32-29-30-22-25(23-31-29)24-6-10-27(36-3)11-7-24/h6-13,22-23H,4-5,14-21H2,1-3H3,(H,30,31,32). The fraction of sp³-hybridized carbons (Fsp3) is 0.448. The summed E-state index contributed by atoms with van der Waals surface area (Å²) in [6.07, 6.45) is 3.64. The molecule has 1 fully saturated rings. The summed E-state index contributed by atoms with van der Waals surface area (Å²) in [5.41, 5.74) is 2.93. The number of ether oxygens (including phenoxy) is 2. The van der Waals surface area contributed by atoms with Crippen LogP contribution in [-0.2, 0) is 0 Å². The largest absolute Gasteiger partial charge is 0.497 e. The van der Waals surface area contributed by atoms with E-state index in [4.69, 9.17) is 9.47 Å². The average molecular weight is 505 g/mol. The number of anilines is 2. The molecule has 0 spiro atoms. The number of nitrogens with one attached hydrogen (secondary N) is 1. The summed E-state index contributed by atoms with van der Waals surface area (Å²) in [6, 6.07) is 15.8. The van der Waals surface area contributed by atoms with Gasteiger partial charge in [0.2, 0.25) is 5.95 Å². The normalized spacial score (nSPS) is 14.6. The van der Waals surface area contributed by atoms with E-state index in [1.807, 2.05) is 60.9 Å². The number of nitrogens with zero attached hydrogens (tertiary/aromatic N) is 5. The van der Waals surface area contributed by atoms with Crippen molar-refractivity contribution in [1.82, 2.24) is 24.7 Å². The van der Waals surface area contributed by atoms with Gasteiger partial charge < -0.3 is 19.7 Å². The third-order valence-electron chi connectivity index (χ3n) is 6.95. The second-order valence-corrected chi connectivity index (χ2v) is 9.23. The fourth-order valence-electron chi connectivity index (χ4n) is 4.44. The molecule has 1 N–H and O–H groups in total. The summed E-state index contributed by atoms with van der Waals surface area (Å²) in [7, 11) is 1.66. The summed E-state index contributed by atoms with van der Waals surface area (Å²) < 4.78 is 11.2. The predicted molar refractivity (Wildman–Crippen MR) is 150 cm³/mol. The number of rotatable bonds is 13. The van der Waals surface area contributed by atoms with Crippen molar-refractivity contribution in [2.45, 2.75) is 13.8 Å². The molecule has 2 aromatic carbocycles. The van der Waals surface area contributed by atoms with Crippen LogP contribution in [0, 0.1) is 0 Å². The molecule has 0 saturated carbocycles. The second-order valence-electron chi connectivity index (χ2n) is 9.23. The summed E-state index contributed by atoms with van der Waals surface area (Å²) in [6.45, 7) is 15.3. The molecule has 4 rings (SSSR count). The van der Waals surface area contributed by atoms with Crippen LogP contribution in [0.2, 0.25) is 0 Å². The van der Waals surface area contributed by atoms with Gasteiger partial charge in [0.05, 0.1) is 7.11 Å². The quantitative estimate of drug-likeness (QED) is 0.371. The van der Waals surface area contributed by atoms with Crippen LogP contribution >= 0.6 is 0 Å². The SMILES string of the molecule is CCN(CC)CCN1CCN(CCOc2ccc(Nc3ncc(-c4ccc(OC)cc4)cn3)cc2)CC1. The molecule has 1 aliphatic heterocycles. The van der Waals surface area contributed by atoms with E-state index >= 15 is 0 Å². The number of piperazine rings is 1. The molecule has 1 saturated heterocycles. The van der Waals surface area contributed by atoms with Gasteiger partial charge in [0.15, 0.2) is 0 Å².